The number of imide groups is 1. The molecule has 0 unspecified atom stereocenters. The summed E-state index contributed by atoms with van der Waals surface area (Å²) in [5, 5.41) is 8.99. The van der Waals surface area contributed by atoms with Gasteiger partial charge in [0.2, 0.25) is 5.91 Å². The first kappa shape index (κ1) is 11.7. The Bertz CT molecular complexity index is 416. The van der Waals surface area contributed by atoms with Crippen molar-refractivity contribution in [3.63, 3.8) is 0 Å². The van der Waals surface area contributed by atoms with Gasteiger partial charge >= 0.3 is 6.09 Å². The number of amides is 3. The molecule has 0 aliphatic heterocycles. The van der Waals surface area contributed by atoms with Gasteiger partial charge in [0, 0.05) is 12.5 Å². The molecule has 6 nitrogen and oxygen atoms in total. The average Bonchev–Trinajstić information content (AvgIpc) is 2.25. The first-order valence-electron chi connectivity index (χ1n) is 4.42. The number of carbonyl (C=O) groups is 3. The number of hydrogen-bond donors (Lipinski definition) is 2. The van der Waals surface area contributed by atoms with Gasteiger partial charge in [-0.05, 0) is 12.1 Å². The van der Waals surface area contributed by atoms with Gasteiger partial charge in [-0.15, -0.1) is 5.01 Å². The summed E-state index contributed by atoms with van der Waals surface area (Å²) < 4.78 is 0. The van der Waals surface area contributed by atoms with Crippen LogP contribution in [0.4, 0.5) is 4.79 Å². The van der Waals surface area contributed by atoms with E-state index in [1.54, 1.807) is 18.2 Å². The molecule has 0 heterocycles. The number of benzene rings is 1. The molecule has 1 rings (SSSR count). The molecule has 0 saturated carbocycles. The molecule has 0 atom stereocenters. The van der Waals surface area contributed by atoms with Gasteiger partial charge < -0.3 is 5.11 Å². The quantitative estimate of drug-likeness (QED) is 0.690. The van der Waals surface area contributed by atoms with E-state index in [2.05, 4.69) is 0 Å². The van der Waals surface area contributed by atoms with Crippen LogP contribution in [-0.2, 0) is 4.79 Å². The van der Waals surface area contributed by atoms with Gasteiger partial charge in [0.05, 0.1) is 0 Å². The summed E-state index contributed by atoms with van der Waals surface area (Å²) in [6.07, 6.45) is -1.54. The average molecular weight is 222 g/mol. The van der Waals surface area contributed by atoms with E-state index in [1.807, 2.05) is 5.43 Å². The lowest BCUT2D eigenvalue weighted by Crippen LogP contribution is -2.48. The molecular weight excluding hydrogens is 212 g/mol. The van der Waals surface area contributed by atoms with Crippen molar-refractivity contribution in [2.75, 3.05) is 0 Å². The molecule has 0 saturated heterocycles. The summed E-state index contributed by atoms with van der Waals surface area (Å²) in [7, 11) is 0. The number of rotatable bonds is 1. The van der Waals surface area contributed by atoms with E-state index in [0.29, 0.717) is 0 Å². The van der Waals surface area contributed by atoms with Crippen LogP contribution in [0.2, 0.25) is 0 Å². The number of hydrazine groups is 1. The van der Waals surface area contributed by atoms with Gasteiger partial charge in [-0.2, -0.15) is 0 Å². The second-order valence-electron chi connectivity index (χ2n) is 2.96. The van der Waals surface area contributed by atoms with Crippen LogP contribution in [0.5, 0.6) is 0 Å². The SMILES string of the molecule is CC(=O)NN(C(=O)O)C(=O)c1ccccc1. The van der Waals surface area contributed by atoms with Crippen molar-refractivity contribution < 1.29 is 19.5 Å². The van der Waals surface area contributed by atoms with E-state index in [1.165, 1.54) is 12.1 Å². The topological polar surface area (TPSA) is 86.7 Å². The summed E-state index contributed by atoms with van der Waals surface area (Å²) in [6, 6.07) is 7.81. The second-order valence-corrected chi connectivity index (χ2v) is 2.96. The largest absolute Gasteiger partial charge is 0.463 e. The summed E-state index contributed by atoms with van der Waals surface area (Å²) >= 11 is 0. The highest BCUT2D eigenvalue weighted by molar-refractivity contribution is 6.03. The van der Waals surface area contributed by atoms with Gasteiger partial charge in [-0.1, -0.05) is 18.2 Å². The Morgan fingerprint density at radius 2 is 1.75 bits per heavy atom. The van der Waals surface area contributed by atoms with Crippen LogP contribution in [-0.4, -0.2) is 28.0 Å². The van der Waals surface area contributed by atoms with E-state index < -0.39 is 17.9 Å². The van der Waals surface area contributed by atoms with E-state index >= 15 is 0 Å². The van der Waals surface area contributed by atoms with Crippen LogP contribution in [0.1, 0.15) is 17.3 Å². The Labute approximate surface area is 91.4 Å². The van der Waals surface area contributed by atoms with Gasteiger partial charge in [-0.3, -0.25) is 15.0 Å². The van der Waals surface area contributed by atoms with Crippen molar-refractivity contribution in [2.24, 2.45) is 0 Å². The molecular formula is C10H10N2O4. The predicted octanol–water partition coefficient (Wildman–Crippen LogP) is 0.858. The van der Waals surface area contributed by atoms with E-state index in [-0.39, 0.29) is 10.6 Å². The molecule has 84 valence electrons. The maximum Gasteiger partial charge on any atom is 0.433 e. The smallest absolute Gasteiger partial charge is 0.433 e. The number of nitrogens with one attached hydrogen (secondary N) is 1. The van der Waals surface area contributed by atoms with E-state index in [0.717, 1.165) is 6.92 Å². The van der Waals surface area contributed by atoms with Crippen molar-refractivity contribution in [1.29, 1.82) is 0 Å². The third-order valence-electron chi connectivity index (χ3n) is 1.68. The van der Waals surface area contributed by atoms with Crippen molar-refractivity contribution in [3.8, 4) is 0 Å². The highest BCUT2D eigenvalue weighted by Crippen LogP contribution is 2.03. The fourth-order valence-electron chi connectivity index (χ4n) is 1.05. The standard InChI is InChI=1S/C10H10N2O4/c1-7(13)11-12(10(15)16)9(14)8-5-3-2-4-6-8/h2-6H,1H3,(H,11,13)(H,15,16). The van der Waals surface area contributed by atoms with Gasteiger partial charge in [0.25, 0.3) is 5.91 Å². The molecule has 0 radical (unpaired) electrons. The Hall–Kier alpha value is -2.37. The first-order chi connectivity index (χ1) is 7.52. The third-order valence-corrected chi connectivity index (χ3v) is 1.68. The van der Waals surface area contributed by atoms with Crippen molar-refractivity contribution in [2.45, 2.75) is 6.92 Å². The highest BCUT2D eigenvalue weighted by atomic mass is 16.4. The lowest BCUT2D eigenvalue weighted by Gasteiger charge is -2.16. The number of nitrogens with zero attached hydrogens (tertiary/aromatic N) is 1. The summed E-state index contributed by atoms with van der Waals surface area (Å²) in [5.41, 5.74) is 2.10. The van der Waals surface area contributed by atoms with Gasteiger partial charge in [0.15, 0.2) is 0 Å². The molecule has 0 bridgehead atoms. The molecule has 6 heteroatoms. The van der Waals surface area contributed by atoms with Crippen molar-refractivity contribution >= 4 is 17.9 Å². The van der Waals surface area contributed by atoms with Crippen molar-refractivity contribution in [1.82, 2.24) is 10.4 Å². The number of carboxylic acid groups (broad SMARTS) is 1. The fourth-order valence-corrected chi connectivity index (χ4v) is 1.05. The van der Waals surface area contributed by atoms with Crippen LogP contribution in [0, 0.1) is 0 Å². The van der Waals surface area contributed by atoms with Crippen LogP contribution in [0.3, 0.4) is 0 Å². The maximum atomic E-state index is 11.7. The molecule has 3 amide bonds. The Morgan fingerprint density at radius 1 is 1.19 bits per heavy atom. The van der Waals surface area contributed by atoms with Crippen LogP contribution in [0.15, 0.2) is 30.3 Å². The van der Waals surface area contributed by atoms with Crippen molar-refractivity contribution in [3.05, 3.63) is 35.9 Å². The van der Waals surface area contributed by atoms with Crippen LogP contribution < -0.4 is 5.43 Å². The van der Waals surface area contributed by atoms with Crippen LogP contribution in [0.25, 0.3) is 0 Å². The van der Waals surface area contributed by atoms with Gasteiger partial charge in [0.1, 0.15) is 0 Å². The Balaban J connectivity index is 2.92. The molecule has 0 spiro atoms. The Morgan fingerprint density at radius 3 is 2.19 bits per heavy atom. The third kappa shape index (κ3) is 2.81. The molecule has 2 N–H and O–H groups in total. The summed E-state index contributed by atoms with van der Waals surface area (Å²) in [5.74, 6) is -1.44. The number of hydrogen-bond acceptors (Lipinski definition) is 3. The monoisotopic (exact) mass is 222 g/mol. The zero-order valence-electron chi connectivity index (χ0n) is 8.51. The number of carbonyl (C=O) groups excluding carboxylic acids is 2. The minimum Gasteiger partial charge on any atom is -0.463 e. The van der Waals surface area contributed by atoms with E-state index in [4.69, 9.17) is 5.11 Å². The molecule has 16 heavy (non-hydrogen) atoms. The lowest BCUT2D eigenvalue weighted by atomic mass is 10.2. The lowest BCUT2D eigenvalue weighted by molar-refractivity contribution is -0.122. The minimum atomic E-state index is -1.54. The molecule has 0 aromatic heterocycles. The zero-order chi connectivity index (χ0) is 12.1. The molecule has 1 aromatic rings. The fraction of sp³-hybridized carbons (Fsp3) is 0.100. The van der Waals surface area contributed by atoms with Gasteiger partial charge in [-0.25, -0.2) is 4.79 Å². The summed E-state index contributed by atoms with van der Waals surface area (Å²) in [4.78, 5) is 33.1. The predicted molar refractivity (Wildman–Crippen MR) is 54.5 cm³/mol. The minimum absolute atomic E-state index is 0.179. The molecule has 1 aromatic carbocycles. The molecule has 0 aliphatic rings. The summed E-state index contributed by atoms with van der Waals surface area (Å²) in [6.45, 7) is 1.12. The molecule has 0 aliphatic carbocycles. The van der Waals surface area contributed by atoms with E-state index in [9.17, 15) is 14.4 Å². The van der Waals surface area contributed by atoms with Crippen LogP contribution >= 0.6 is 0 Å². The first-order valence-corrected chi connectivity index (χ1v) is 4.42. The molecule has 0 fully saturated rings. The normalized spacial score (nSPS) is 9.31. The second kappa shape index (κ2) is 4.92. The Kier molecular flexibility index (Phi) is 3.60. The highest BCUT2D eigenvalue weighted by Gasteiger charge is 2.22. The zero-order valence-corrected chi connectivity index (χ0v) is 8.51. The maximum absolute atomic E-state index is 11.7.